The molecule has 0 saturated heterocycles. The fourth-order valence-corrected chi connectivity index (χ4v) is 3.48. The number of aryl methyl sites for hydroxylation is 1. The van der Waals surface area contributed by atoms with Crippen LogP contribution < -0.4 is 10.9 Å². The molecule has 0 spiro atoms. The highest BCUT2D eigenvalue weighted by Crippen LogP contribution is 2.29. The van der Waals surface area contributed by atoms with Gasteiger partial charge < -0.3 is 15.0 Å². The lowest BCUT2D eigenvalue weighted by Crippen LogP contribution is -2.30. The molecule has 1 atom stereocenters. The van der Waals surface area contributed by atoms with E-state index < -0.39 is 6.10 Å². The van der Waals surface area contributed by atoms with Gasteiger partial charge in [0.2, 0.25) is 5.91 Å². The van der Waals surface area contributed by atoms with Gasteiger partial charge in [-0.05, 0) is 23.6 Å². The van der Waals surface area contributed by atoms with Crippen LogP contribution >= 0.6 is 11.3 Å². The fourth-order valence-electron chi connectivity index (χ4n) is 2.43. The van der Waals surface area contributed by atoms with Crippen LogP contribution in [0.15, 0.2) is 59.5 Å². The summed E-state index contributed by atoms with van der Waals surface area (Å²) in [7, 11) is 0. The molecule has 124 valence electrons. The number of amides is 1. The van der Waals surface area contributed by atoms with Crippen molar-refractivity contribution in [2.24, 2.45) is 0 Å². The molecule has 0 radical (unpaired) electrons. The third-order valence-corrected chi connectivity index (χ3v) is 4.96. The Kier molecular flexibility index (Phi) is 5.08. The van der Waals surface area contributed by atoms with Crippen LogP contribution in [0.25, 0.3) is 10.1 Å². The van der Waals surface area contributed by atoms with E-state index >= 15 is 0 Å². The SMILES string of the molecule is O=C(CCn1ccccc1=O)NCC(O)c1cc2ccccc2s1. The number of hydrogen-bond donors (Lipinski definition) is 2. The molecule has 5 nitrogen and oxygen atoms in total. The van der Waals surface area contributed by atoms with Crippen LogP contribution in [0.2, 0.25) is 0 Å². The predicted molar refractivity (Wildman–Crippen MR) is 95.1 cm³/mol. The van der Waals surface area contributed by atoms with Crippen molar-refractivity contribution in [1.29, 1.82) is 0 Å². The Bertz CT molecular complexity index is 867. The highest BCUT2D eigenvalue weighted by Gasteiger charge is 2.12. The first kappa shape index (κ1) is 16.4. The molecule has 6 heteroatoms. The number of benzene rings is 1. The monoisotopic (exact) mass is 342 g/mol. The van der Waals surface area contributed by atoms with Crippen molar-refractivity contribution >= 4 is 27.3 Å². The molecule has 2 aromatic heterocycles. The molecule has 0 bridgehead atoms. The first-order valence-corrected chi connectivity index (χ1v) is 8.54. The summed E-state index contributed by atoms with van der Waals surface area (Å²) in [5.74, 6) is -0.189. The molecule has 24 heavy (non-hydrogen) atoms. The van der Waals surface area contributed by atoms with Gasteiger partial charge in [-0.2, -0.15) is 0 Å². The lowest BCUT2D eigenvalue weighted by molar-refractivity contribution is -0.121. The third kappa shape index (κ3) is 3.90. The minimum absolute atomic E-state index is 0.129. The minimum Gasteiger partial charge on any atom is -0.386 e. The number of aliphatic hydroxyl groups excluding tert-OH is 1. The summed E-state index contributed by atoms with van der Waals surface area (Å²) < 4.78 is 2.60. The lowest BCUT2D eigenvalue weighted by Gasteiger charge is -2.10. The summed E-state index contributed by atoms with van der Waals surface area (Å²) >= 11 is 1.52. The van der Waals surface area contributed by atoms with E-state index in [-0.39, 0.29) is 24.4 Å². The standard InChI is InChI=1S/C18H18N2O3S/c21-14(16-11-13-5-1-2-6-15(13)24-16)12-19-17(22)8-10-20-9-4-3-7-18(20)23/h1-7,9,11,14,21H,8,10,12H2,(H,19,22). The van der Waals surface area contributed by atoms with Gasteiger partial charge in [0.25, 0.3) is 5.56 Å². The second kappa shape index (κ2) is 7.42. The Morgan fingerprint density at radius 2 is 2.00 bits per heavy atom. The number of aromatic nitrogens is 1. The minimum atomic E-state index is -0.731. The highest BCUT2D eigenvalue weighted by atomic mass is 32.1. The Labute approximate surface area is 143 Å². The van der Waals surface area contributed by atoms with Gasteiger partial charge in [0.1, 0.15) is 6.10 Å². The maximum atomic E-state index is 11.9. The zero-order chi connectivity index (χ0) is 16.9. The van der Waals surface area contributed by atoms with Gasteiger partial charge in [0.05, 0.1) is 0 Å². The largest absolute Gasteiger partial charge is 0.386 e. The predicted octanol–water partition coefficient (Wildman–Crippen LogP) is 2.30. The zero-order valence-corrected chi connectivity index (χ0v) is 13.8. The molecule has 1 amide bonds. The maximum absolute atomic E-state index is 11.9. The van der Waals surface area contributed by atoms with E-state index in [1.807, 2.05) is 30.3 Å². The van der Waals surface area contributed by atoms with Crippen LogP contribution in [0.4, 0.5) is 0 Å². The number of hydrogen-bond acceptors (Lipinski definition) is 4. The van der Waals surface area contributed by atoms with Crippen LogP contribution in [-0.4, -0.2) is 22.1 Å². The van der Waals surface area contributed by atoms with Crippen molar-refractivity contribution in [2.75, 3.05) is 6.54 Å². The van der Waals surface area contributed by atoms with Gasteiger partial charge in [0, 0.05) is 41.4 Å². The quantitative estimate of drug-likeness (QED) is 0.722. The molecule has 3 aromatic rings. The molecule has 0 aliphatic heterocycles. The molecule has 2 heterocycles. The second-order valence-corrected chi connectivity index (χ2v) is 6.60. The molecule has 0 aliphatic carbocycles. The first-order valence-electron chi connectivity index (χ1n) is 7.72. The lowest BCUT2D eigenvalue weighted by atomic mass is 10.2. The Balaban J connectivity index is 1.52. The van der Waals surface area contributed by atoms with Crippen molar-refractivity contribution in [3.63, 3.8) is 0 Å². The van der Waals surface area contributed by atoms with Crippen molar-refractivity contribution in [3.05, 3.63) is 70.0 Å². The molecule has 1 aromatic carbocycles. The molecular weight excluding hydrogens is 324 g/mol. The number of carbonyl (C=O) groups excluding carboxylic acids is 1. The van der Waals surface area contributed by atoms with Gasteiger partial charge >= 0.3 is 0 Å². The molecule has 0 fully saturated rings. The van der Waals surface area contributed by atoms with Crippen molar-refractivity contribution in [1.82, 2.24) is 9.88 Å². The molecule has 3 rings (SSSR count). The fraction of sp³-hybridized carbons (Fsp3) is 0.222. The van der Waals surface area contributed by atoms with E-state index in [1.54, 1.807) is 18.3 Å². The van der Waals surface area contributed by atoms with Gasteiger partial charge in [-0.25, -0.2) is 0 Å². The van der Waals surface area contributed by atoms with Crippen LogP contribution in [0.1, 0.15) is 17.4 Å². The van der Waals surface area contributed by atoms with E-state index in [0.717, 1.165) is 15.0 Å². The topological polar surface area (TPSA) is 71.3 Å². The van der Waals surface area contributed by atoms with Gasteiger partial charge in [0.15, 0.2) is 0 Å². The summed E-state index contributed by atoms with van der Waals surface area (Å²) in [6.07, 6.45) is 1.12. The van der Waals surface area contributed by atoms with Crippen molar-refractivity contribution < 1.29 is 9.90 Å². The van der Waals surface area contributed by atoms with Gasteiger partial charge in [-0.1, -0.05) is 24.3 Å². The first-order chi connectivity index (χ1) is 11.6. The van der Waals surface area contributed by atoms with Crippen LogP contribution in [0, 0.1) is 0 Å². The van der Waals surface area contributed by atoms with E-state index in [2.05, 4.69) is 5.32 Å². The molecule has 2 N–H and O–H groups in total. The van der Waals surface area contributed by atoms with E-state index in [9.17, 15) is 14.7 Å². The summed E-state index contributed by atoms with van der Waals surface area (Å²) in [4.78, 5) is 24.3. The second-order valence-electron chi connectivity index (χ2n) is 5.49. The Morgan fingerprint density at radius 3 is 2.79 bits per heavy atom. The Hall–Kier alpha value is -2.44. The van der Waals surface area contributed by atoms with Crippen LogP contribution in [0.5, 0.6) is 0 Å². The van der Waals surface area contributed by atoms with Crippen LogP contribution in [0.3, 0.4) is 0 Å². The number of carbonyl (C=O) groups is 1. The van der Waals surface area contributed by atoms with Gasteiger partial charge in [-0.3, -0.25) is 9.59 Å². The maximum Gasteiger partial charge on any atom is 0.250 e. The van der Waals surface area contributed by atoms with Crippen molar-refractivity contribution in [3.8, 4) is 0 Å². The molecule has 1 unspecified atom stereocenters. The number of thiophene rings is 1. The van der Waals surface area contributed by atoms with Crippen LogP contribution in [-0.2, 0) is 11.3 Å². The van der Waals surface area contributed by atoms with E-state index in [0.29, 0.717) is 6.54 Å². The molecule has 0 saturated carbocycles. The van der Waals surface area contributed by atoms with E-state index in [4.69, 9.17) is 0 Å². The summed E-state index contributed by atoms with van der Waals surface area (Å²) in [6, 6.07) is 14.7. The number of pyridine rings is 1. The number of nitrogens with zero attached hydrogens (tertiary/aromatic N) is 1. The Morgan fingerprint density at radius 1 is 1.21 bits per heavy atom. The van der Waals surface area contributed by atoms with E-state index in [1.165, 1.54) is 22.0 Å². The van der Waals surface area contributed by atoms with Crippen molar-refractivity contribution in [2.45, 2.75) is 19.1 Å². The normalized spacial score (nSPS) is 12.2. The molecule has 0 aliphatic rings. The smallest absolute Gasteiger partial charge is 0.250 e. The number of fused-ring (bicyclic) bond motifs is 1. The highest BCUT2D eigenvalue weighted by molar-refractivity contribution is 7.19. The number of aliphatic hydroxyl groups is 1. The zero-order valence-electron chi connectivity index (χ0n) is 13.0. The molecular formula is C18H18N2O3S. The third-order valence-electron chi connectivity index (χ3n) is 3.74. The number of nitrogens with one attached hydrogen (secondary N) is 1. The average molecular weight is 342 g/mol. The number of rotatable bonds is 6. The average Bonchev–Trinajstić information content (AvgIpc) is 3.03. The summed E-state index contributed by atoms with van der Waals surface area (Å²) in [5.41, 5.74) is -0.129. The summed E-state index contributed by atoms with van der Waals surface area (Å²) in [6.45, 7) is 0.486. The summed E-state index contributed by atoms with van der Waals surface area (Å²) in [5, 5.41) is 14.0. The van der Waals surface area contributed by atoms with Gasteiger partial charge in [-0.15, -0.1) is 11.3 Å².